The second kappa shape index (κ2) is 5.17. The van der Waals surface area contributed by atoms with Gasteiger partial charge in [-0.25, -0.2) is 4.79 Å². The third-order valence-corrected chi connectivity index (χ3v) is 2.72. The molecule has 0 aliphatic heterocycles. The van der Waals surface area contributed by atoms with Crippen molar-refractivity contribution in [3.05, 3.63) is 0 Å². The van der Waals surface area contributed by atoms with Gasteiger partial charge in [0.15, 0.2) is 11.8 Å². The van der Waals surface area contributed by atoms with Crippen molar-refractivity contribution in [2.75, 3.05) is 0 Å². The maximum atomic E-state index is 11.9. The van der Waals surface area contributed by atoms with Crippen LogP contribution in [0.25, 0.3) is 0 Å². The molecule has 0 aromatic carbocycles. The summed E-state index contributed by atoms with van der Waals surface area (Å²) in [6.45, 7) is 11.2. The molecule has 0 aliphatic rings. The molecular weight excluding hydrogens is 218 g/mol. The van der Waals surface area contributed by atoms with E-state index >= 15 is 0 Å². The number of nitrogens with two attached hydrogens (primary N) is 1. The SMILES string of the molecule is CCC(C)(C)CC(N)(C=O)C(=O)OC(C)(C)C. The molecule has 0 aliphatic carbocycles. The van der Waals surface area contributed by atoms with Gasteiger partial charge in [-0.05, 0) is 32.6 Å². The van der Waals surface area contributed by atoms with Crippen molar-refractivity contribution in [3.63, 3.8) is 0 Å². The smallest absolute Gasteiger partial charge is 0.334 e. The molecular formula is C13H25NO3. The van der Waals surface area contributed by atoms with Crippen molar-refractivity contribution < 1.29 is 14.3 Å². The van der Waals surface area contributed by atoms with Gasteiger partial charge in [0.05, 0.1) is 0 Å². The molecule has 0 aromatic rings. The molecule has 1 atom stereocenters. The lowest BCUT2D eigenvalue weighted by atomic mass is 9.77. The van der Waals surface area contributed by atoms with Crippen LogP contribution in [-0.4, -0.2) is 23.4 Å². The van der Waals surface area contributed by atoms with Crippen molar-refractivity contribution in [2.24, 2.45) is 11.1 Å². The summed E-state index contributed by atoms with van der Waals surface area (Å²) < 4.78 is 5.19. The molecule has 0 amide bonds. The molecule has 0 fully saturated rings. The van der Waals surface area contributed by atoms with Crippen LogP contribution in [0.3, 0.4) is 0 Å². The molecule has 0 saturated carbocycles. The maximum absolute atomic E-state index is 11.9. The summed E-state index contributed by atoms with van der Waals surface area (Å²) in [6, 6.07) is 0. The van der Waals surface area contributed by atoms with E-state index in [0.29, 0.717) is 6.29 Å². The van der Waals surface area contributed by atoms with Crippen LogP contribution in [0.15, 0.2) is 0 Å². The first-order valence-corrected chi connectivity index (χ1v) is 5.94. The molecule has 2 N–H and O–H groups in total. The molecule has 1 unspecified atom stereocenters. The second-order valence-electron chi connectivity index (χ2n) is 6.35. The predicted molar refractivity (Wildman–Crippen MR) is 67.5 cm³/mol. The Bertz CT molecular complexity index is 292. The van der Waals surface area contributed by atoms with Gasteiger partial charge in [-0.3, -0.25) is 0 Å². The number of esters is 1. The molecule has 4 nitrogen and oxygen atoms in total. The first kappa shape index (κ1) is 16.1. The highest BCUT2D eigenvalue weighted by atomic mass is 16.6. The van der Waals surface area contributed by atoms with Gasteiger partial charge in [-0.15, -0.1) is 0 Å². The normalized spacial score (nSPS) is 16.2. The van der Waals surface area contributed by atoms with Gasteiger partial charge >= 0.3 is 5.97 Å². The van der Waals surface area contributed by atoms with Gasteiger partial charge in [0.2, 0.25) is 0 Å². The lowest BCUT2D eigenvalue weighted by molar-refractivity contribution is -0.163. The quantitative estimate of drug-likeness (QED) is 0.456. The number of hydrogen-bond acceptors (Lipinski definition) is 4. The summed E-state index contributed by atoms with van der Waals surface area (Å²) in [5.41, 5.74) is 3.51. The van der Waals surface area contributed by atoms with E-state index in [2.05, 4.69) is 0 Å². The van der Waals surface area contributed by atoms with Crippen molar-refractivity contribution >= 4 is 12.3 Å². The highest BCUT2D eigenvalue weighted by Gasteiger charge is 2.41. The molecule has 0 bridgehead atoms. The minimum absolute atomic E-state index is 0.174. The monoisotopic (exact) mass is 243 g/mol. The van der Waals surface area contributed by atoms with Crippen LogP contribution in [0.1, 0.15) is 54.4 Å². The zero-order valence-electron chi connectivity index (χ0n) is 11.8. The van der Waals surface area contributed by atoms with E-state index in [1.54, 1.807) is 20.8 Å². The lowest BCUT2D eigenvalue weighted by Gasteiger charge is -2.33. The van der Waals surface area contributed by atoms with Crippen molar-refractivity contribution in [2.45, 2.75) is 65.5 Å². The Labute approximate surface area is 104 Å². The second-order valence-corrected chi connectivity index (χ2v) is 6.35. The summed E-state index contributed by atoms with van der Waals surface area (Å²) in [6.07, 6.45) is 1.62. The Morgan fingerprint density at radius 2 is 1.71 bits per heavy atom. The van der Waals surface area contributed by atoms with Crippen LogP contribution < -0.4 is 5.73 Å². The fourth-order valence-corrected chi connectivity index (χ4v) is 1.45. The number of ether oxygens (including phenoxy) is 1. The van der Waals surface area contributed by atoms with E-state index in [1.807, 2.05) is 20.8 Å². The summed E-state index contributed by atoms with van der Waals surface area (Å²) in [7, 11) is 0. The maximum Gasteiger partial charge on any atom is 0.334 e. The minimum atomic E-state index is -1.55. The van der Waals surface area contributed by atoms with E-state index in [0.717, 1.165) is 6.42 Å². The number of aldehydes is 1. The first-order chi connectivity index (χ1) is 7.46. The zero-order chi connectivity index (χ0) is 13.9. The highest BCUT2D eigenvalue weighted by molar-refractivity contribution is 5.98. The third-order valence-electron chi connectivity index (χ3n) is 2.72. The van der Waals surface area contributed by atoms with Crippen molar-refractivity contribution in [1.82, 2.24) is 0 Å². The topological polar surface area (TPSA) is 69.4 Å². The lowest BCUT2D eigenvalue weighted by Crippen LogP contribution is -2.54. The van der Waals surface area contributed by atoms with Crippen LogP contribution in [0.5, 0.6) is 0 Å². The molecule has 0 rings (SSSR count). The largest absolute Gasteiger partial charge is 0.458 e. The standard InChI is InChI=1S/C13H25NO3/c1-7-12(5,6)8-13(14,9-15)10(16)17-11(2,3)4/h9H,7-8,14H2,1-6H3. The summed E-state index contributed by atoms with van der Waals surface area (Å²) in [5, 5.41) is 0. The molecule has 0 radical (unpaired) electrons. The average Bonchev–Trinajstić information content (AvgIpc) is 2.14. The number of hydrogen-bond donors (Lipinski definition) is 1. The van der Waals surface area contributed by atoms with E-state index in [4.69, 9.17) is 10.5 Å². The summed E-state index contributed by atoms with van der Waals surface area (Å²) in [5.74, 6) is -0.651. The fourth-order valence-electron chi connectivity index (χ4n) is 1.45. The Morgan fingerprint density at radius 3 is 2.00 bits per heavy atom. The van der Waals surface area contributed by atoms with Crippen LogP contribution in [0, 0.1) is 5.41 Å². The molecule has 17 heavy (non-hydrogen) atoms. The van der Waals surface area contributed by atoms with Gasteiger partial charge in [-0.1, -0.05) is 27.2 Å². The van der Waals surface area contributed by atoms with Crippen molar-refractivity contribution in [3.8, 4) is 0 Å². The highest BCUT2D eigenvalue weighted by Crippen LogP contribution is 2.30. The predicted octanol–water partition coefficient (Wildman–Crippen LogP) is 2.05. The van der Waals surface area contributed by atoms with Crippen molar-refractivity contribution in [1.29, 1.82) is 0 Å². The zero-order valence-corrected chi connectivity index (χ0v) is 11.8. The van der Waals surface area contributed by atoms with Crippen LogP contribution >= 0.6 is 0 Å². The van der Waals surface area contributed by atoms with E-state index in [-0.39, 0.29) is 11.8 Å². The van der Waals surface area contributed by atoms with Gasteiger partial charge in [0, 0.05) is 0 Å². The number of carbonyl (C=O) groups excluding carboxylic acids is 2. The Morgan fingerprint density at radius 1 is 1.24 bits per heavy atom. The van der Waals surface area contributed by atoms with Gasteiger partial charge in [0.25, 0.3) is 0 Å². The van der Waals surface area contributed by atoms with E-state index in [1.165, 1.54) is 0 Å². The molecule has 4 heteroatoms. The molecule has 0 heterocycles. The Balaban J connectivity index is 4.91. The Kier molecular flexibility index (Phi) is 4.90. The van der Waals surface area contributed by atoms with Gasteiger partial charge < -0.3 is 15.3 Å². The van der Waals surface area contributed by atoms with E-state index < -0.39 is 17.1 Å². The average molecular weight is 243 g/mol. The molecule has 0 saturated heterocycles. The first-order valence-electron chi connectivity index (χ1n) is 5.94. The van der Waals surface area contributed by atoms with Gasteiger partial charge in [-0.2, -0.15) is 0 Å². The number of carbonyl (C=O) groups is 2. The summed E-state index contributed by atoms with van der Waals surface area (Å²) >= 11 is 0. The molecule has 0 spiro atoms. The van der Waals surface area contributed by atoms with E-state index in [9.17, 15) is 9.59 Å². The van der Waals surface area contributed by atoms with Crippen LogP contribution in [0.4, 0.5) is 0 Å². The van der Waals surface area contributed by atoms with Crippen LogP contribution in [0.2, 0.25) is 0 Å². The number of rotatable bonds is 5. The summed E-state index contributed by atoms with van der Waals surface area (Å²) in [4.78, 5) is 23.0. The third kappa shape index (κ3) is 5.31. The fraction of sp³-hybridized carbons (Fsp3) is 0.846. The minimum Gasteiger partial charge on any atom is -0.458 e. The Hall–Kier alpha value is -0.900. The molecule has 0 aromatic heterocycles. The molecule has 100 valence electrons. The van der Waals surface area contributed by atoms with Gasteiger partial charge in [0.1, 0.15) is 5.60 Å². The van der Waals surface area contributed by atoms with Crippen LogP contribution in [-0.2, 0) is 14.3 Å².